The second kappa shape index (κ2) is 18.0. The van der Waals surface area contributed by atoms with Gasteiger partial charge in [0.2, 0.25) is 17.7 Å². The Labute approximate surface area is 259 Å². The van der Waals surface area contributed by atoms with Crippen molar-refractivity contribution in [3.05, 3.63) is 65.7 Å². The molecule has 44 heavy (non-hydrogen) atoms. The van der Waals surface area contributed by atoms with Gasteiger partial charge in [-0.1, -0.05) is 42.5 Å². The monoisotopic (exact) mass is 610 g/mol. The molecule has 1 saturated heterocycles. The third-order valence-corrected chi connectivity index (χ3v) is 7.81. The number of ether oxygens (including phenoxy) is 2. The molecule has 11 heteroatoms. The van der Waals surface area contributed by atoms with Crippen molar-refractivity contribution in [2.24, 2.45) is 5.73 Å². The first kappa shape index (κ1) is 34.5. The third-order valence-electron chi connectivity index (χ3n) is 7.81. The minimum absolute atomic E-state index is 0.0662. The number of benzene rings is 2. The maximum atomic E-state index is 14.1. The maximum Gasteiger partial charge on any atom is 0.306 e. The summed E-state index contributed by atoms with van der Waals surface area (Å²) in [5, 5.41) is 13.9. The lowest BCUT2D eigenvalue weighted by molar-refractivity contribution is -0.142. The average molecular weight is 611 g/mol. The molecule has 240 valence electrons. The van der Waals surface area contributed by atoms with Crippen LogP contribution in [0.5, 0.6) is 5.75 Å². The van der Waals surface area contributed by atoms with Crippen LogP contribution in [0.3, 0.4) is 0 Å². The molecular weight excluding hydrogens is 564 g/mol. The zero-order valence-electron chi connectivity index (χ0n) is 25.8. The highest BCUT2D eigenvalue weighted by molar-refractivity contribution is 5.89. The third kappa shape index (κ3) is 11.3. The van der Waals surface area contributed by atoms with E-state index in [1.165, 1.54) is 12.0 Å². The number of amides is 3. The molecule has 3 atom stereocenters. The van der Waals surface area contributed by atoms with Gasteiger partial charge in [-0.3, -0.25) is 19.2 Å². The highest BCUT2D eigenvalue weighted by atomic mass is 16.5. The molecule has 3 amide bonds. The number of aliphatic hydroxyl groups excluding tert-OH is 1. The number of esters is 1. The van der Waals surface area contributed by atoms with Crippen molar-refractivity contribution in [2.75, 3.05) is 33.9 Å². The van der Waals surface area contributed by atoms with Gasteiger partial charge in [-0.05, 0) is 55.4 Å². The van der Waals surface area contributed by atoms with Crippen LogP contribution >= 0.6 is 0 Å². The summed E-state index contributed by atoms with van der Waals surface area (Å²) in [6.07, 6.45) is 2.11. The van der Waals surface area contributed by atoms with Crippen LogP contribution in [-0.2, 0) is 36.9 Å². The maximum absolute atomic E-state index is 14.1. The number of nitrogens with zero attached hydrogens (tertiary/aromatic N) is 2. The first-order valence-electron chi connectivity index (χ1n) is 15.2. The Kier molecular flexibility index (Phi) is 14.1. The Morgan fingerprint density at radius 1 is 0.955 bits per heavy atom. The summed E-state index contributed by atoms with van der Waals surface area (Å²) in [6, 6.07) is 15.0. The quantitative estimate of drug-likeness (QED) is 0.245. The minimum Gasteiger partial charge on any atom is -0.497 e. The number of likely N-dealkylation sites (tertiary alicyclic amines) is 1. The molecule has 2 aromatic rings. The van der Waals surface area contributed by atoms with Crippen LogP contribution in [0.2, 0.25) is 0 Å². The summed E-state index contributed by atoms with van der Waals surface area (Å²) in [5.74, 6) is -0.983. The van der Waals surface area contributed by atoms with Crippen molar-refractivity contribution in [3.8, 4) is 5.75 Å². The second-order valence-corrected chi connectivity index (χ2v) is 11.2. The normalized spacial score (nSPS) is 15.0. The van der Waals surface area contributed by atoms with Crippen LogP contribution in [0.4, 0.5) is 0 Å². The zero-order chi connectivity index (χ0) is 31.9. The number of methoxy groups -OCH3 is 2. The smallest absolute Gasteiger partial charge is 0.306 e. The number of carbonyl (C=O) groups is 4. The van der Waals surface area contributed by atoms with Gasteiger partial charge in [0.05, 0.1) is 26.7 Å². The fourth-order valence-corrected chi connectivity index (χ4v) is 5.24. The topological polar surface area (TPSA) is 152 Å². The van der Waals surface area contributed by atoms with Gasteiger partial charge in [-0.25, -0.2) is 0 Å². The lowest BCUT2D eigenvalue weighted by Gasteiger charge is -2.32. The van der Waals surface area contributed by atoms with E-state index >= 15 is 0 Å². The van der Waals surface area contributed by atoms with E-state index in [1.54, 1.807) is 30.2 Å². The highest BCUT2D eigenvalue weighted by Gasteiger charge is 2.30. The Bertz CT molecular complexity index is 1220. The highest BCUT2D eigenvalue weighted by Crippen LogP contribution is 2.18. The van der Waals surface area contributed by atoms with Crippen LogP contribution in [0.1, 0.15) is 56.1 Å². The Morgan fingerprint density at radius 3 is 2.34 bits per heavy atom. The van der Waals surface area contributed by atoms with E-state index < -0.39 is 36.0 Å². The lowest BCUT2D eigenvalue weighted by atomic mass is 10.0. The SMILES string of the molecule is COC(=O)CCC(=O)N[C@H](CCC(=O)N1CCCCC1)C(=O)N(Cc1cccc(OC)c1)C[C@@H](O)[C@@H](N)Cc1ccccc1. The van der Waals surface area contributed by atoms with Crippen molar-refractivity contribution in [1.82, 2.24) is 15.1 Å². The number of aliphatic hydroxyl groups is 1. The average Bonchev–Trinajstić information content (AvgIpc) is 3.05. The van der Waals surface area contributed by atoms with Gasteiger partial charge in [-0.15, -0.1) is 0 Å². The number of rotatable bonds is 16. The molecule has 1 heterocycles. The van der Waals surface area contributed by atoms with E-state index in [1.807, 2.05) is 36.4 Å². The van der Waals surface area contributed by atoms with Crippen molar-refractivity contribution in [3.63, 3.8) is 0 Å². The van der Waals surface area contributed by atoms with Crippen molar-refractivity contribution < 1.29 is 33.8 Å². The van der Waals surface area contributed by atoms with Gasteiger partial charge in [0.1, 0.15) is 11.8 Å². The fourth-order valence-electron chi connectivity index (χ4n) is 5.24. The Hall–Kier alpha value is -3.96. The predicted molar refractivity (Wildman–Crippen MR) is 165 cm³/mol. The second-order valence-electron chi connectivity index (χ2n) is 11.2. The molecule has 1 aliphatic rings. The van der Waals surface area contributed by atoms with Gasteiger partial charge in [-0.2, -0.15) is 0 Å². The van der Waals surface area contributed by atoms with E-state index in [0.717, 1.165) is 30.4 Å². The first-order valence-corrected chi connectivity index (χ1v) is 15.2. The van der Waals surface area contributed by atoms with Crippen LogP contribution in [0.15, 0.2) is 54.6 Å². The molecule has 0 unspecified atom stereocenters. The van der Waals surface area contributed by atoms with Crippen LogP contribution in [0.25, 0.3) is 0 Å². The number of piperidine rings is 1. The Balaban J connectivity index is 1.82. The molecule has 0 aliphatic carbocycles. The predicted octanol–water partition coefficient (Wildman–Crippen LogP) is 2.19. The fraction of sp³-hybridized carbons (Fsp3) is 0.515. The minimum atomic E-state index is -1.07. The zero-order valence-corrected chi connectivity index (χ0v) is 25.8. The number of hydrogen-bond donors (Lipinski definition) is 3. The molecule has 0 aromatic heterocycles. The number of nitrogens with one attached hydrogen (secondary N) is 1. The van der Waals surface area contributed by atoms with Gasteiger partial charge in [0.15, 0.2) is 0 Å². The van der Waals surface area contributed by atoms with Gasteiger partial charge < -0.3 is 35.4 Å². The summed E-state index contributed by atoms with van der Waals surface area (Å²) in [6.45, 7) is 1.37. The van der Waals surface area contributed by atoms with E-state index in [0.29, 0.717) is 25.3 Å². The molecule has 4 N–H and O–H groups in total. The van der Waals surface area contributed by atoms with Gasteiger partial charge >= 0.3 is 5.97 Å². The summed E-state index contributed by atoms with van der Waals surface area (Å²) in [5.41, 5.74) is 8.09. The van der Waals surface area contributed by atoms with Crippen LogP contribution in [-0.4, -0.2) is 90.6 Å². The molecule has 0 spiro atoms. The van der Waals surface area contributed by atoms with Crippen molar-refractivity contribution in [2.45, 2.75) is 76.1 Å². The Morgan fingerprint density at radius 2 is 1.66 bits per heavy atom. The molecule has 1 fully saturated rings. The lowest BCUT2D eigenvalue weighted by Crippen LogP contribution is -2.53. The van der Waals surface area contributed by atoms with Crippen molar-refractivity contribution >= 4 is 23.7 Å². The summed E-state index contributed by atoms with van der Waals surface area (Å²) < 4.78 is 9.99. The van der Waals surface area contributed by atoms with Crippen molar-refractivity contribution in [1.29, 1.82) is 0 Å². The van der Waals surface area contributed by atoms with Crippen LogP contribution < -0.4 is 15.8 Å². The van der Waals surface area contributed by atoms with E-state index in [2.05, 4.69) is 10.1 Å². The molecule has 2 aromatic carbocycles. The standard InChI is InChI=1S/C33H46N4O7/c1-43-26-13-9-12-25(20-26)22-37(23-29(38)27(34)21-24-10-5-3-6-11-24)33(42)28(35-30(39)15-17-32(41)44-2)14-16-31(40)36-18-7-4-8-19-36/h3,5-6,9-13,20,27-29,38H,4,7-8,14-19,21-23,34H2,1-2H3,(H,35,39)/t27-,28+,29+/m0/s1. The van der Waals surface area contributed by atoms with Crippen LogP contribution in [0, 0.1) is 0 Å². The first-order chi connectivity index (χ1) is 21.2. The van der Waals surface area contributed by atoms with Gasteiger partial charge in [0, 0.05) is 45.1 Å². The number of hydrogen-bond acceptors (Lipinski definition) is 8. The number of nitrogens with two attached hydrogens (primary N) is 1. The molecule has 0 bridgehead atoms. The summed E-state index contributed by atoms with van der Waals surface area (Å²) in [7, 11) is 2.79. The molecule has 3 rings (SSSR count). The summed E-state index contributed by atoms with van der Waals surface area (Å²) >= 11 is 0. The molecular formula is C33H46N4O7. The summed E-state index contributed by atoms with van der Waals surface area (Å²) in [4.78, 5) is 54.9. The molecule has 11 nitrogen and oxygen atoms in total. The van der Waals surface area contributed by atoms with E-state index in [9.17, 15) is 24.3 Å². The molecule has 0 radical (unpaired) electrons. The molecule has 0 saturated carbocycles. The largest absolute Gasteiger partial charge is 0.497 e. The number of carbonyl (C=O) groups excluding carboxylic acids is 4. The van der Waals surface area contributed by atoms with E-state index in [-0.39, 0.29) is 44.7 Å². The molecule has 1 aliphatic heterocycles. The van der Waals surface area contributed by atoms with E-state index in [4.69, 9.17) is 10.5 Å². The van der Waals surface area contributed by atoms with Gasteiger partial charge in [0.25, 0.3) is 0 Å².